The summed E-state index contributed by atoms with van der Waals surface area (Å²) in [5, 5.41) is 8.66. The maximum atomic E-state index is 8.66. The molecule has 0 bridgehead atoms. The van der Waals surface area contributed by atoms with Gasteiger partial charge in [-0.05, 0) is 0 Å². The van der Waals surface area contributed by atoms with Crippen LogP contribution in [-0.4, -0.2) is 60.9 Å². The van der Waals surface area contributed by atoms with Crippen molar-refractivity contribution in [3.63, 3.8) is 0 Å². The zero-order valence-electron chi connectivity index (χ0n) is 6.87. The minimum Gasteiger partial charge on any atom is -0.395 e. The van der Waals surface area contributed by atoms with E-state index < -0.39 is 0 Å². The highest BCUT2D eigenvalue weighted by Gasteiger charge is 2.13. The molecule has 1 aliphatic heterocycles. The summed E-state index contributed by atoms with van der Waals surface area (Å²) in [7, 11) is 0. The van der Waals surface area contributed by atoms with E-state index in [1.807, 2.05) is 0 Å². The van der Waals surface area contributed by atoms with Crippen LogP contribution < -0.4 is 5.73 Å². The first-order chi connectivity index (χ1) is 5.36. The van der Waals surface area contributed by atoms with E-state index >= 15 is 0 Å². The fourth-order valence-electron chi connectivity index (χ4n) is 1.34. The fraction of sp³-hybridized carbons (Fsp3) is 1.00. The molecular formula is C7H17N3O. The minimum atomic E-state index is 0.266. The molecule has 1 fully saturated rings. The second kappa shape index (κ2) is 4.66. The summed E-state index contributed by atoms with van der Waals surface area (Å²) in [6, 6.07) is 0. The molecule has 3 N–H and O–H groups in total. The van der Waals surface area contributed by atoms with Crippen molar-refractivity contribution in [2.75, 3.05) is 46.0 Å². The van der Waals surface area contributed by atoms with Gasteiger partial charge in [0.15, 0.2) is 0 Å². The maximum absolute atomic E-state index is 8.66. The lowest BCUT2D eigenvalue weighted by Crippen LogP contribution is -2.48. The molecule has 0 aromatic heterocycles. The van der Waals surface area contributed by atoms with E-state index in [1.165, 1.54) is 0 Å². The van der Waals surface area contributed by atoms with Gasteiger partial charge in [-0.25, -0.2) is 0 Å². The third kappa shape index (κ3) is 2.75. The first kappa shape index (κ1) is 8.93. The fourth-order valence-corrected chi connectivity index (χ4v) is 1.34. The van der Waals surface area contributed by atoms with E-state index in [9.17, 15) is 0 Å². The summed E-state index contributed by atoms with van der Waals surface area (Å²) in [5.41, 5.74) is 5.48. The molecule has 4 nitrogen and oxygen atoms in total. The summed E-state index contributed by atoms with van der Waals surface area (Å²) in [5.74, 6) is 0. The molecule has 0 radical (unpaired) electrons. The van der Waals surface area contributed by atoms with Crippen LogP contribution in [0.1, 0.15) is 0 Å². The average molecular weight is 159 g/mol. The van der Waals surface area contributed by atoms with Crippen molar-refractivity contribution in [3.05, 3.63) is 0 Å². The largest absolute Gasteiger partial charge is 0.395 e. The number of hydrogen-bond acceptors (Lipinski definition) is 4. The highest BCUT2D eigenvalue weighted by Crippen LogP contribution is 1.98. The Hall–Kier alpha value is -0.160. The molecule has 66 valence electrons. The van der Waals surface area contributed by atoms with Gasteiger partial charge in [0.1, 0.15) is 0 Å². The van der Waals surface area contributed by atoms with Gasteiger partial charge in [0.05, 0.1) is 6.61 Å². The number of nitrogens with two attached hydrogens (primary N) is 1. The normalized spacial score (nSPS) is 22.4. The van der Waals surface area contributed by atoms with Crippen LogP contribution >= 0.6 is 0 Å². The molecule has 1 saturated heterocycles. The molecule has 1 rings (SSSR count). The molecule has 11 heavy (non-hydrogen) atoms. The summed E-state index contributed by atoms with van der Waals surface area (Å²) < 4.78 is 0. The number of rotatable bonds is 3. The summed E-state index contributed by atoms with van der Waals surface area (Å²) in [6.45, 7) is 5.89. The Kier molecular flexibility index (Phi) is 3.79. The Morgan fingerprint density at radius 2 is 1.64 bits per heavy atom. The Morgan fingerprint density at radius 1 is 1.09 bits per heavy atom. The summed E-state index contributed by atoms with van der Waals surface area (Å²) in [4.78, 5) is 4.47. The molecule has 0 spiro atoms. The highest BCUT2D eigenvalue weighted by atomic mass is 16.3. The first-order valence-corrected chi connectivity index (χ1v) is 4.12. The van der Waals surface area contributed by atoms with Crippen molar-refractivity contribution >= 4 is 0 Å². The number of aliphatic hydroxyl groups is 1. The summed E-state index contributed by atoms with van der Waals surface area (Å²) in [6.07, 6.45) is 0. The van der Waals surface area contributed by atoms with E-state index in [1.54, 1.807) is 0 Å². The van der Waals surface area contributed by atoms with Crippen LogP contribution in [0.3, 0.4) is 0 Å². The molecule has 1 aliphatic rings. The zero-order chi connectivity index (χ0) is 8.10. The average Bonchev–Trinajstić information content (AvgIpc) is 2.07. The van der Waals surface area contributed by atoms with Crippen molar-refractivity contribution in [2.24, 2.45) is 5.73 Å². The van der Waals surface area contributed by atoms with E-state index in [0.29, 0.717) is 6.67 Å². The molecule has 0 atom stereocenters. The smallest absolute Gasteiger partial charge is 0.0558 e. The molecule has 0 unspecified atom stereocenters. The number of β-amino-alcohol motifs (C(OH)–C–C–N with tert-alkyl or cyclic N) is 1. The molecule has 0 aliphatic carbocycles. The lowest BCUT2D eigenvalue weighted by atomic mass is 10.3. The standard InChI is InChI=1S/C7H17N3O/c8-7-10-3-1-9(2-4-10)5-6-11/h11H,1-8H2. The third-order valence-corrected chi connectivity index (χ3v) is 2.14. The molecule has 0 saturated carbocycles. The maximum Gasteiger partial charge on any atom is 0.0558 e. The molecule has 0 aromatic rings. The number of piperazine rings is 1. The zero-order valence-corrected chi connectivity index (χ0v) is 6.87. The minimum absolute atomic E-state index is 0.266. The van der Waals surface area contributed by atoms with Crippen molar-refractivity contribution in [3.8, 4) is 0 Å². The van der Waals surface area contributed by atoms with Gasteiger partial charge in [-0.2, -0.15) is 0 Å². The van der Waals surface area contributed by atoms with Gasteiger partial charge in [0, 0.05) is 39.4 Å². The lowest BCUT2D eigenvalue weighted by Gasteiger charge is -2.33. The SMILES string of the molecule is NCN1CCN(CCO)CC1. The van der Waals surface area contributed by atoms with Gasteiger partial charge in [-0.1, -0.05) is 0 Å². The van der Waals surface area contributed by atoms with E-state index in [-0.39, 0.29) is 6.61 Å². The van der Waals surface area contributed by atoms with Crippen molar-refractivity contribution in [2.45, 2.75) is 0 Å². The van der Waals surface area contributed by atoms with Crippen molar-refractivity contribution in [1.29, 1.82) is 0 Å². The van der Waals surface area contributed by atoms with E-state index in [4.69, 9.17) is 10.8 Å². The Labute approximate surface area is 67.6 Å². The predicted octanol–water partition coefficient (Wildman–Crippen LogP) is -1.49. The molecular weight excluding hydrogens is 142 g/mol. The predicted molar refractivity (Wildman–Crippen MR) is 44.2 cm³/mol. The van der Waals surface area contributed by atoms with Crippen LogP contribution in [0.5, 0.6) is 0 Å². The molecule has 0 aromatic carbocycles. The second-order valence-corrected chi connectivity index (χ2v) is 2.87. The highest BCUT2D eigenvalue weighted by molar-refractivity contribution is 4.69. The van der Waals surface area contributed by atoms with Gasteiger partial charge < -0.3 is 10.8 Å². The topological polar surface area (TPSA) is 52.7 Å². The van der Waals surface area contributed by atoms with Crippen LogP contribution in [0.2, 0.25) is 0 Å². The van der Waals surface area contributed by atoms with Crippen molar-refractivity contribution in [1.82, 2.24) is 9.80 Å². The Morgan fingerprint density at radius 3 is 2.09 bits per heavy atom. The third-order valence-electron chi connectivity index (χ3n) is 2.14. The quantitative estimate of drug-likeness (QED) is 0.527. The molecule has 4 heteroatoms. The van der Waals surface area contributed by atoms with Crippen LogP contribution in [0.15, 0.2) is 0 Å². The number of hydrogen-bond donors (Lipinski definition) is 2. The Balaban J connectivity index is 2.14. The molecule has 1 heterocycles. The monoisotopic (exact) mass is 159 g/mol. The van der Waals surface area contributed by atoms with Crippen LogP contribution in [-0.2, 0) is 0 Å². The Bertz CT molecular complexity index is 102. The van der Waals surface area contributed by atoms with Crippen molar-refractivity contribution < 1.29 is 5.11 Å². The van der Waals surface area contributed by atoms with Gasteiger partial charge in [0.2, 0.25) is 0 Å². The van der Waals surface area contributed by atoms with Gasteiger partial charge >= 0.3 is 0 Å². The van der Waals surface area contributed by atoms with Crippen LogP contribution in [0, 0.1) is 0 Å². The summed E-state index contributed by atoms with van der Waals surface area (Å²) >= 11 is 0. The van der Waals surface area contributed by atoms with Gasteiger partial charge in [0.25, 0.3) is 0 Å². The van der Waals surface area contributed by atoms with Gasteiger partial charge in [-0.3, -0.25) is 9.80 Å². The molecule has 0 amide bonds. The van der Waals surface area contributed by atoms with Gasteiger partial charge in [-0.15, -0.1) is 0 Å². The van der Waals surface area contributed by atoms with Crippen LogP contribution in [0.25, 0.3) is 0 Å². The van der Waals surface area contributed by atoms with E-state index in [2.05, 4.69) is 9.80 Å². The number of aliphatic hydroxyl groups excluding tert-OH is 1. The lowest BCUT2D eigenvalue weighted by molar-refractivity contribution is 0.114. The first-order valence-electron chi connectivity index (χ1n) is 4.12. The second-order valence-electron chi connectivity index (χ2n) is 2.87. The van der Waals surface area contributed by atoms with E-state index in [0.717, 1.165) is 32.7 Å². The van der Waals surface area contributed by atoms with Crippen LogP contribution in [0.4, 0.5) is 0 Å². The number of nitrogens with zero attached hydrogens (tertiary/aromatic N) is 2.